The Morgan fingerprint density at radius 2 is 1.59 bits per heavy atom. The van der Waals surface area contributed by atoms with E-state index in [1.54, 1.807) is 18.3 Å². The molecule has 4 aromatic rings. The van der Waals surface area contributed by atoms with Gasteiger partial charge in [-0.05, 0) is 12.0 Å². The van der Waals surface area contributed by atoms with E-state index < -0.39 is 0 Å². The molecule has 4 heteroatoms. The number of rotatable bonds is 6. The summed E-state index contributed by atoms with van der Waals surface area (Å²) in [6, 6.07) is 24.8. The van der Waals surface area contributed by atoms with E-state index in [1.165, 1.54) is 5.56 Å². The number of fused-ring (bicyclic) bond motifs is 1. The van der Waals surface area contributed by atoms with Gasteiger partial charge in [0.25, 0.3) is 0 Å². The Morgan fingerprint density at radius 3 is 2.28 bits per heavy atom. The van der Waals surface area contributed by atoms with E-state index in [-0.39, 0.29) is 5.78 Å². The highest BCUT2D eigenvalue weighted by atomic mass is 16.1. The minimum absolute atomic E-state index is 0.152. The molecule has 4 nitrogen and oxygen atoms in total. The number of benzene rings is 3. The van der Waals surface area contributed by atoms with E-state index in [0.29, 0.717) is 11.3 Å². The van der Waals surface area contributed by atoms with Crippen molar-refractivity contribution in [2.24, 2.45) is 10.2 Å². The van der Waals surface area contributed by atoms with E-state index >= 15 is 0 Å². The van der Waals surface area contributed by atoms with E-state index in [9.17, 15) is 4.79 Å². The first kappa shape index (κ1) is 18.6. The van der Waals surface area contributed by atoms with E-state index in [1.807, 2.05) is 60.8 Å². The van der Waals surface area contributed by atoms with Gasteiger partial charge in [0.15, 0.2) is 0 Å². The maximum absolute atomic E-state index is 13.0. The second kappa shape index (κ2) is 8.48. The molecule has 0 saturated carbocycles. The average Bonchev–Trinajstić information content (AvgIpc) is 3.21. The van der Waals surface area contributed by atoms with Crippen molar-refractivity contribution in [3.63, 3.8) is 0 Å². The zero-order valence-electron chi connectivity index (χ0n) is 16.2. The molecule has 0 aliphatic carbocycles. The summed E-state index contributed by atoms with van der Waals surface area (Å²) < 4.78 is 0. The van der Waals surface area contributed by atoms with Crippen molar-refractivity contribution in [3.8, 4) is 0 Å². The van der Waals surface area contributed by atoms with E-state index in [0.717, 1.165) is 28.5 Å². The predicted octanol–water partition coefficient (Wildman–Crippen LogP) is 5.44. The molecule has 29 heavy (non-hydrogen) atoms. The first-order valence-corrected chi connectivity index (χ1v) is 9.63. The fraction of sp³-hybridized carbons (Fsp3) is 0.0800. The Kier molecular flexibility index (Phi) is 5.43. The fourth-order valence-corrected chi connectivity index (χ4v) is 3.35. The van der Waals surface area contributed by atoms with Crippen LogP contribution in [-0.4, -0.2) is 22.7 Å². The molecule has 0 atom stereocenters. The minimum Gasteiger partial charge on any atom is -0.360 e. The number of hydrogen-bond donors (Lipinski definition) is 1. The molecule has 0 unspecified atom stereocenters. The molecular formula is C25H21N3O. The van der Waals surface area contributed by atoms with Gasteiger partial charge in [-0.1, -0.05) is 85.8 Å². The Balaban J connectivity index is 1.71. The number of aromatic amines is 1. The van der Waals surface area contributed by atoms with Crippen LogP contribution in [0.2, 0.25) is 0 Å². The number of nitrogens with one attached hydrogen (secondary N) is 1. The highest BCUT2D eigenvalue weighted by Gasteiger charge is 2.16. The summed E-state index contributed by atoms with van der Waals surface area (Å²) in [5, 5.41) is 9.68. The van der Waals surface area contributed by atoms with Crippen LogP contribution in [0.25, 0.3) is 10.9 Å². The summed E-state index contributed by atoms with van der Waals surface area (Å²) in [6.45, 7) is 2.13. The van der Waals surface area contributed by atoms with Gasteiger partial charge in [-0.2, -0.15) is 5.10 Å². The quantitative estimate of drug-likeness (QED) is 0.271. The van der Waals surface area contributed by atoms with E-state index in [2.05, 4.69) is 34.2 Å². The summed E-state index contributed by atoms with van der Waals surface area (Å²) in [7, 11) is 0. The minimum atomic E-state index is -0.152. The molecule has 1 aromatic heterocycles. The third-order valence-electron chi connectivity index (χ3n) is 4.87. The lowest BCUT2D eigenvalue weighted by atomic mass is 10.0. The third kappa shape index (κ3) is 3.92. The van der Waals surface area contributed by atoms with Crippen LogP contribution in [0.3, 0.4) is 0 Å². The smallest absolute Gasteiger partial charge is 0.213 e. The first-order chi connectivity index (χ1) is 14.3. The summed E-state index contributed by atoms with van der Waals surface area (Å²) in [4.78, 5) is 16.3. The van der Waals surface area contributed by atoms with Gasteiger partial charge in [0.2, 0.25) is 5.78 Å². The molecule has 4 rings (SSSR count). The second-order valence-corrected chi connectivity index (χ2v) is 6.69. The number of hydrogen-bond acceptors (Lipinski definition) is 3. The highest BCUT2D eigenvalue weighted by molar-refractivity contribution is 6.51. The fourth-order valence-electron chi connectivity index (χ4n) is 3.35. The third-order valence-corrected chi connectivity index (χ3v) is 4.87. The normalized spacial score (nSPS) is 12.0. The molecule has 142 valence electrons. The molecule has 1 heterocycles. The number of Topliss-reactive ketones (excluding diaryl/α,β-unsaturated/α-hetero) is 1. The second-order valence-electron chi connectivity index (χ2n) is 6.69. The predicted molar refractivity (Wildman–Crippen MR) is 119 cm³/mol. The molecule has 1 N–H and O–H groups in total. The Bertz CT molecular complexity index is 1190. The summed E-state index contributed by atoms with van der Waals surface area (Å²) in [5.41, 5.74) is 4.97. The van der Waals surface area contributed by atoms with Crippen molar-refractivity contribution in [1.29, 1.82) is 0 Å². The van der Waals surface area contributed by atoms with Crippen LogP contribution in [0.15, 0.2) is 95.3 Å². The lowest BCUT2D eigenvalue weighted by Crippen LogP contribution is -2.15. The molecular weight excluding hydrogens is 358 g/mol. The van der Waals surface area contributed by atoms with Crippen molar-refractivity contribution in [2.75, 3.05) is 0 Å². The molecule has 0 spiro atoms. The number of aryl methyl sites for hydroxylation is 1. The van der Waals surface area contributed by atoms with Crippen molar-refractivity contribution in [2.45, 2.75) is 13.3 Å². The van der Waals surface area contributed by atoms with Crippen LogP contribution in [-0.2, 0) is 6.42 Å². The Morgan fingerprint density at radius 1 is 0.897 bits per heavy atom. The summed E-state index contributed by atoms with van der Waals surface area (Å²) >= 11 is 0. The molecule has 0 radical (unpaired) electrons. The standard InChI is InChI=1S/C25H21N3O/c1-2-18-14-9-15-22-21(16-26-23(18)22)17-27-28-24(19-10-5-3-6-11-19)25(29)20-12-7-4-8-13-20/h3-17,26H,2H2,1H3/b27-17+,28-24-. The van der Waals surface area contributed by atoms with Crippen LogP contribution in [0.4, 0.5) is 0 Å². The molecule has 0 aliphatic heterocycles. The summed E-state index contributed by atoms with van der Waals surface area (Å²) in [6.07, 6.45) is 4.57. The van der Waals surface area contributed by atoms with Crippen LogP contribution < -0.4 is 0 Å². The summed E-state index contributed by atoms with van der Waals surface area (Å²) in [5.74, 6) is -0.152. The van der Waals surface area contributed by atoms with Gasteiger partial charge in [0.1, 0.15) is 5.71 Å². The van der Waals surface area contributed by atoms with Crippen molar-refractivity contribution < 1.29 is 4.79 Å². The molecule has 0 fully saturated rings. The largest absolute Gasteiger partial charge is 0.360 e. The molecule has 0 amide bonds. The van der Waals surface area contributed by atoms with Crippen LogP contribution in [0, 0.1) is 0 Å². The van der Waals surface area contributed by atoms with Crippen LogP contribution >= 0.6 is 0 Å². The lowest BCUT2D eigenvalue weighted by Gasteiger charge is -2.04. The number of ketones is 1. The van der Waals surface area contributed by atoms with Gasteiger partial charge in [0.05, 0.1) is 6.21 Å². The van der Waals surface area contributed by atoms with Gasteiger partial charge in [-0.15, -0.1) is 5.10 Å². The molecule has 3 aromatic carbocycles. The van der Waals surface area contributed by atoms with Gasteiger partial charge >= 0.3 is 0 Å². The highest BCUT2D eigenvalue weighted by Crippen LogP contribution is 2.21. The number of carbonyl (C=O) groups is 1. The number of H-pyrrole nitrogens is 1. The molecule has 0 bridgehead atoms. The van der Waals surface area contributed by atoms with Gasteiger partial charge in [0, 0.05) is 33.8 Å². The topological polar surface area (TPSA) is 57.6 Å². The maximum atomic E-state index is 13.0. The van der Waals surface area contributed by atoms with Crippen LogP contribution in [0.1, 0.15) is 34.0 Å². The molecule has 0 saturated heterocycles. The number of aromatic nitrogens is 1. The van der Waals surface area contributed by atoms with Crippen molar-refractivity contribution in [3.05, 3.63) is 107 Å². The van der Waals surface area contributed by atoms with Gasteiger partial charge < -0.3 is 4.98 Å². The Hall–Kier alpha value is -3.79. The number of carbonyl (C=O) groups excluding carboxylic acids is 1. The zero-order valence-corrected chi connectivity index (χ0v) is 16.2. The zero-order chi connectivity index (χ0) is 20.1. The van der Waals surface area contributed by atoms with E-state index in [4.69, 9.17) is 0 Å². The van der Waals surface area contributed by atoms with Crippen molar-refractivity contribution >= 4 is 28.6 Å². The van der Waals surface area contributed by atoms with Gasteiger partial charge in [-0.3, -0.25) is 4.79 Å². The Labute approximate surface area is 169 Å². The van der Waals surface area contributed by atoms with Gasteiger partial charge in [-0.25, -0.2) is 0 Å². The maximum Gasteiger partial charge on any atom is 0.213 e. The SMILES string of the molecule is CCc1cccc2c(/C=N/N=C(\C(=O)c3ccccc3)c3ccccc3)c[nH]c12. The first-order valence-electron chi connectivity index (χ1n) is 9.63. The monoisotopic (exact) mass is 379 g/mol. The number of para-hydroxylation sites is 1. The average molecular weight is 379 g/mol. The lowest BCUT2D eigenvalue weighted by molar-refractivity contribution is 0.106. The van der Waals surface area contributed by atoms with Crippen molar-refractivity contribution in [1.82, 2.24) is 4.98 Å². The van der Waals surface area contributed by atoms with Crippen LogP contribution in [0.5, 0.6) is 0 Å². The number of nitrogens with zero attached hydrogens (tertiary/aromatic N) is 2. The molecule has 0 aliphatic rings.